The molecule has 1 unspecified atom stereocenters. The Kier molecular flexibility index (Phi) is 3.85. The molecular weight excluding hydrogens is 204 g/mol. The zero-order chi connectivity index (χ0) is 11.4. The topological polar surface area (TPSA) is 52.5 Å². The van der Waals surface area contributed by atoms with Crippen molar-refractivity contribution in [2.45, 2.75) is 19.4 Å². The van der Waals surface area contributed by atoms with E-state index in [4.69, 9.17) is 0 Å². The lowest BCUT2D eigenvalue weighted by molar-refractivity contribution is 0.142. The van der Waals surface area contributed by atoms with E-state index in [1.807, 2.05) is 0 Å². The van der Waals surface area contributed by atoms with Gasteiger partial charge in [0.05, 0.1) is 6.54 Å². The highest BCUT2D eigenvalue weighted by Crippen LogP contribution is 2.27. The molecule has 0 aliphatic heterocycles. The van der Waals surface area contributed by atoms with Crippen LogP contribution in [0.4, 0.5) is 8.78 Å². The number of rotatable bonds is 4. The van der Waals surface area contributed by atoms with Gasteiger partial charge in [-0.3, -0.25) is 0 Å². The van der Waals surface area contributed by atoms with Gasteiger partial charge in [0.2, 0.25) is 0 Å². The van der Waals surface area contributed by atoms with Crippen LogP contribution in [0.25, 0.3) is 0 Å². The molecule has 1 atom stereocenters. The molecule has 0 aliphatic carbocycles. The molecule has 0 aliphatic rings. The molecule has 0 amide bonds. The number of phenols is 2. The highest BCUT2D eigenvalue weighted by atomic mass is 19.3. The maximum Gasteiger partial charge on any atom is 0.250 e. The van der Waals surface area contributed by atoms with Gasteiger partial charge in [0, 0.05) is 11.6 Å². The minimum absolute atomic E-state index is 0.00602. The first kappa shape index (κ1) is 11.7. The Balaban J connectivity index is 2.72. The number of nitrogens with one attached hydrogen (secondary N) is 1. The van der Waals surface area contributed by atoms with Crippen molar-refractivity contribution in [1.82, 2.24) is 5.32 Å². The van der Waals surface area contributed by atoms with Gasteiger partial charge < -0.3 is 15.5 Å². The molecule has 1 aromatic rings. The van der Waals surface area contributed by atoms with Crippen molar-refractivity contribution in [3.8, 4) is 11.5 Å². The fourth-order valence-electron chi connectivity index (χ4n) is 1.26. The number of benzene rings is 1. The fourth-order valence-corrected chi connectivity index (χ4v) is 1.26. The Bertz CT molecular complexity index is 331. The zero-order valence-electron chi connectivity index (χ0n) is 8.24. The minimum atomic E-state index is -2.44. The summed E-state index contributed by atoms with van der Waals surface area (Å²) in [5, 5.41) is 21.2. The predicted molar refractivity (Wildman–Crippen MR) is 52.2 cm³/mol. The molecule has 1 rings (SSSR count). The van der Waals surface area contributed by atoms with Gasteiger partial charge in [0.25, 0.3) is 6.43 Å². The molecule has 3 N–H and O–H groups in total. The molecule has 15 heavy (non-hydrogen) atoms. The zero-order valence-corrected chi connectivity index (χ0v) is 8.24. The third-order valence-electron chi connectivity index (χ3n) is 2.06. The van der Waals surface area contributed by atoms with Crippen LogP contribution in [0.15, 0.2) is 18.2 Å². The Morgan fingerprint density at radius 2 is 2.00 bits per heavy atom. The summed E-state index contributed by atoms with van der Waals surface area (Å²) in [5.41, 5.74) is 0.399. The first-order valence-electron chi connectivity index (χ1n) is 4.54. The standard InChI is InChI=1S/C10H13F2NO2/c1-6(13-5-10(11)12)8-4-7(14)2-3-9(8)15/h2-4,6,10,13-15H,5H2,1H3. The van der Waals surface area contributed by atoms with Gasteiger partial charge in [-0.1, -0.05) is 0 Å². The first-order valence-corrected chi connectivity index (χ1v) is 4.54. The molecule has 0 saturated carbocycles. The molecule has 0 bridgehead atoms. The van der Waals surface area contributed by atoms with E-state index in [1.54, 1.807) is 6.92 Å². The number of phenolic OH excluding ortho intramolecular Hbond substituents is 2. The van der Waals surface area contributed by atoms with Gasteiger partial charge in [0.15, 0.2) is 0 Å². The van der Waals surface area contributed by atoms with Gasteiger partial charge in [-0.05, 0) is 25.1 Å². The van der Waals surface area contributed by atoms with Crippen LogP contribution in [0.1, 0.15) is 18.5 Å². The van der Waals surface area contributed by atoms with Crippen LogP contribution >= 0.6 is 0 Å². The Morgan fingerprint density at radius 3 is 2.60 bits per heavy atom. The maximum absolute atomic E-state index is 11.9. The van der Waals surface area contributed by atoms with E-state index < -0.39 is 19.0 Å². The number of alkyl halides is 2. The van der Waals surface area contributed by atoms with E-state index in [0.29, 0.717) is 5.56 Å². The number of hydrogen-bond acceptors (Lipinski definition) is 3. The van der Waals surface area contributed by atoms with E-state index in [0.717, 1.165) is 0 Å². The van der Waals surface area contributed by atoms with Crippen LogP contribution in [0.5, 0.6) is 11.5 Å². The smallest absolute Gasteiger partial charge is 0.250 e. The SMILES string of the molecule is CC(NCC(F)F)c1cc(O)ccc1O. The molecule has 0 aromatic heterocycles. The lowest BCUT2D eigenvalue weighted by Crippen LogP contribution is -2.24. The molecule has 0 spiro atoms. The highest BCUT2D eigenvalue weighted by Gasteiger charge is 2.12. The third kappa shape index (κ3) is 3.36. The lowest BCUT2D eigenvalue weighted by Gasteiger charge is -2.15. The molecule has 5 heteroatoms. The van der Waals surface area contributed by atoms with Gasteiger partial charge >= 0.3 is 0 Å². The van der Waals surface area contributed by atoms with Gasteiger partial charge in [-0.15, -0.1) is 0 Å². The van der Waals surface area contributed by atoms with Crippen molar-refractivity contribution in [3.63, 3.8) is 0 Å². The second-order valence-corrected chi connectivity index (χ2v) is 3.26. The average Bonchev–Trinajstić information content (AvgIpc) is 2.18. The summed E-state index contributed by atoms with van der Waals surface area (Å²) >= 11 is 0. The second-order valence-electron chi connectivity index (χ2n) is 3.26. The summed E-state index contributed by atoms with van der Waals surface area (Å²) in [6, 6.07) is 3.56. The summed E-state index contributed by atoms with van der Waals surface area (Å²) in [5.74, 6) is -0.0319. The molecule has 84 valence electrons. The Hall–Kier alpha value is -1.36. The van der Waals surface area contributed by atoms with Gasteiger partial charge in [-0.25, -0.2) is 8.78 Å². The summed E-state index contributed by atoms with van der Waals surface area (Å²) < 4.78 is 23.8. The van der Waals surface area contributed by atoms with E-state index in [-0.39, 0.29) is 11.5 Å². The molecule has 3 nitrogen and oxygen atoms in total. The maximum atomic E-state index is 11.9. The third-order valence-corrected chi connectivity index (χ3v) is 2.06. The van der Waals surface area contributed by atoms with Crippen molar-refractivity contribution >= 4 is 0 Å². The van der Waals surface area contributed by atoms with Crippen LogP contribution in [-0.2, 0) is 0 Å². The monoisotopic (exact) mass is 217 g/mol. The van der Waals surface area contributed by atoms with Crippen LogP contribution in [0, 0.1) is 0 Å². The van der Waals surface area contributed by atoms with E-state index in [1.165, 1.54) is 18.2 Å². The second kappa shape index (κ2) is 4.93. The Labute approximate surface area is 86.4 Å². The van der Waals surface area contributed by atoms with Crippen molar-refractivity contribution in [3.05, 3.63) is 23.8 Å². The lowest BCUT2D eigenvalue weighted by atomic mass is 10.1. The van der Waals surface area contributed by atoms with Crippen molar-refractivity contribution in [2.24, 2.45) is 0 Å². The minimum Gasteiger partial charge on any atom is -0.508 e. The quantitative estimate of drug-likeness (QED) is 0.676. The average molecular weight is 217 g/mol. The van der Waals surface area contributed by atoms with Gasteiger partial charge in [0.1, 0.15) is 11.5 Å². The van der Waals surface area contributed by atoms with Crippen molar-refractivity contribution in [2.75, 3.05) is 6.54 Å². The summed E-state index contributed by atoms with van der Waals surface area (Å²) in [4.78, 5) is 0. The number of halogens is 2. The van der Waals surface area contributed by atoms with Crippen molar-refractivity contribution in [1.29, 1.82) is 0 Å². The predicted octanol–water partition coefficient (Wildman–Crippen LogP) is 2.01. The summed E-state index contributed by atoms with van der Waals surface area (Å²) in [6.45, 7) is 1.19. The van der Waals surface area contributed by atoms with Crippen molar-refractivity contribution < 1.29 is 19.0 Å². The largest absolute Gasteiger partial charge is 0.508 e. The van der Waals surface area contributed by atoms with Crippen LogP contribution in [-0.4, -0.2) is 23.2 Å². The number of hydrogen-bond donors (Lipinski definition) is 3. The first-order chi connectivity index (χ1) is 7.00. The summed E-state index contributed by atoms with van der Waals surface area (Å²) in [6.07, 6.45) is -2.44. The number of aromatic hydroxyl groups is 2. The van der Waals surface area contributed by atoms with E-state index in [2.05, 4.69) is 5.32 Å². The van der Waals surface area contributed by atoms with Crippen LogP contribution in [0.2, 0.25) is 0 Å². The molecule has 1 aromatic carbocycles. The van der Waals surface area contributed by atoms with Gasteiger partial charge in [-0.2, -0.15) is 0 Å². The summed E-state index contributed by atoms with van der Waals surface area (Å²) in [7, 11) is 0. The molecule has 0 fully saturated rings. The van der Waals surface area contributed by atoms with Crippen LogP contribution < -0.4 is 5.32 Å². The van der Waals surface area contributed by atoms with E-state index in [9.17, 15) is 19.0 Å². The Morgan fingerprint density at radius 1 is 1.33 bits per heavy atom. The van der Waals surface area contributed by atoms with E-state index >= 15 is 0 Å². The molecule has 0 heterocycles. The molecule has 0 saturated heterocycles. The van der Waals surface area contributed by atoms with Crippen LogP contribution in [0.3, 0.4) is 0 Å². The normalized spacial score (nSPS) is 13.1. The molecular formula is C10H13F2NO2. The highest BCUT2D eigenvalue weighted by molar-refractivity contribution is 5.40. The molecule has 0 radical (unpaired) electrons. The fraction of sp³-hybridized carbons (Fsp3) is 0.400.